The van der Waals surface area contributed by atoms with Gasteiger partial charge in [-0.05, 0) is 26.3 Å². The quantitative estimate of drug-likeness (QED) is 0.755. The van der Waals surface area contributed by atoms with Crippen molar-refractivity contribution < 1.29 is 4.74 Å². The van der Waals surface area contributed by atoms with E-state index in [1.165, 1.54) is 24.1 Å². The van der Waals surface area contributed by atoms with Crippen LogP contribution in [0.5, 0.6) is 0 Å². The highest BCUT2D eigenvalue weighted by Gasteiger charge is 2.04. The highest BCUT2D eigenvalue weighted by Crippen LogP contribution is 2.18. The van der Waals surface area contributed by atoms with Crippen LogP contribution in [0.1, 0.15) is 39.2 Å². The Hall–Kier alpha value is -1.02. The minimum absolute atomic E-state index is 0.521. The summed E-state index contributed by atoms with van der Waals surface area (Å²) in [5, 5.41) is 3.54. The lowest BCUT2D eigenvalue weighted by atomic mass is 10.1. The maximum atomic E-state index is 5.46. The van der Waals surface area contributed by atoms with Gasteiger partial charge in [-0.25, -0.2) is 0 Å². The van der Waals surface area contributed by atoms with E-state index in [2.05, 4.69) is 43.4 Å². The first-order valence-electron chi connectivity index (χ1n) is 6.20. The van der Waals surface area contributed by atoms with E-state index in [-0.39, 0.29) is 0 Å². The fourth-order valence-corrected chi connectivity index (χ4v) is 1.77. The summed E-state index contributed by atoms with van der Waals surface area (Å²) in [5.74, 6) is 0. The second kappa shape index (κ2) is 7.29. The molecule has 0 aliphatic heterocycles. The van der Waals surface area contributed by atoms with Crippen LogP contribution in [0.2, 0.25) is 0 Å². The Morgan fingerprint density at radius 1 is 1.25 bits per heavy atom. The summed E-state index contributed by atoms with van der Waals surface area (Å²) in [6.07, 6.45) is 2.41. The normalized spacial score (nSPS) is 12.4. The number of anilines is 1. The molecule has 0 saturated heterocycles. The smallest absolute Gasteiger partial charge is 0.0736 e. The average molecular weight is 221 g/mol. The molecule has 0 spiro atoms. The molecule has 0 saturated carbocycles. The number of benzene rings is 1. The highest BCUT2D eigenvalue weighted by atomic mass is 16.5. The SMILES string of the molecule is CCCC(C)Nc1ccccc1COCC. The molecule has 1 aromatic carbocycles. The summed E-state index contributed by atoms with van der Waals surface area (Å²) in [6.45, 7) is 7.92. The summed E-state index contributed by atoms with van der Waals surface area (Å²) in [5.41, 5.74) is 2.45. The van der Waals surface area contributed by atoms with Gasteiger partial charge in [-0.15, -0.1) is 0 Å². The van der Waals surface area contributed by atoms with Gasteiger partial charge in [0.15, 0.2) is 0 Å². The first kappa shape index (κ1) is 13.0. The molecule has 2 heteroatoms. The number of rotatable bonds is 7. The third kappa shape index (κ3) is 4.23. The third-order valence-corrected chi connectivity index (χ3v) is 2.60. The molecule has 0 bridgehead atoms. The Bertz CT molecular complexity index is 299. The molecule has 1 N–H and O–H groups in total. The lowest BCUT2D eigenvalue weighted by Gasteiger charge is -2.17. The Labute approximate surface area is 99.0 Å². The van der Waals surface area contributed by atoms with Crippen molar-refractivity contribution in [3.8, 4) is 0 Å². The lowest BCUT2D eigenvalue weighted by molar-refractivity contribution is 0.134. The van der Waals surface area contributed by atoms with Crippen molar-refractivity contribution in [3.05, 3.63) is 29.8 Å². The van der Waals surface area contributed by atoms with Crippen molar-refractivity contribution >= 4 is 5.69 Å². The fourth-order valence-electron chi connectivity index (χ4n) is 1.77. The van der Waals surface area contributed by atoms with Crippen molar-refractivity contribution in [2.45, 2.75) is 46.3 Å². The van der Waals surface area contributed by atoms with Gasteiger partial charge in [-0.2, -0.15) is 0 Å². The van der Waals surface area contributed by atoms with E-state index >= 15 is 0 Å². The number of ether oxygens (including phenoxy) is 1. The van der Waals surface area contributed by atoms with Gasteiger partial charge in [0.25, 0.3) is 0 Å². The molecular weight excluding hydrogens is 198 g/mol. The van der Waals surface area contributed by atoms with E-state index in [9.17, 15) is 0 Å². The minimum Gasteiger partial charge on any atom is -0.382 e. The fraction of sp³-hybridized carbons (Fsp3) is 0.571. The maximum absolute atomic E-state index is 5.46. The van der Waals surface area contributed by atoms with Gasteiger partial charge < -0.3 is 10.1 Å². The minimum atomic E-state index is 0.521. The van der Waals surface area contributed by atoms with Crippen molar-refractivity contribution in [1.29, 1.82) is 0 Å². The molecule has 0 aliphatic carbocycles. The standard InChI is InChI=1S/C14H23NO/c1-4-8-12(3)15-14-10-7-6-9-13(14)11-16-5-2/h6-7,9-10,12,15H,4-5,8,11H2,1-3H3. The number of nitrogens with one attached hydrogen (secondary N) is 1. The number of para-hydroxylation sites is 1. The van der Waals surface area contributed by atoms with E-state index in [1.807, 2.05) is 6.92 Å². The summed E-state index contributed by atoms with van der Waals surface area (Å²) in [6, 6.07) is 8.89. The van der Waals surface area contributed by atoms with Crippen LogP contribution < -0.4 is 5.32 Å². The molecule has 2 nitrogen and oxygen atoms in total. The molecule has 0 aliphatic rings. The monoisotopic (exact) mass is 221 g/mol. The molecule has 0 aromatic heterocycles. The zero-order valence-electron chi connectivity index (χ0n) is 10.6. The highest BCUT2D eigenvalue weighted by molar-refractivity contribution is 5.51. The van der Waals surface area contributed by atoms with Crippen molar-refractivity contribution in [2.24, 2.45) is 0 Å². The zero-order chi connectivity index (χ0) is 11.8. The topological polar surface area (TPSA) is 21.3 Å². The van der Waals surface area contributed by atoms with Gasteiger partial charge in [-0.3, -0.25) is 0 Å². The number of hydrogen-bond acceptors (Lipinski definition) is 2. The van der Waals surface area contributed by atoms with E-state index in [4.69, 9.17) is 4.74 Å². The molecule has 0 heterocycles. The van der Waals surface area contributed by atoms with Gasteiger partial charge in [0.2, 0.25) is 0 Å². The summed E-state index contributed by atoms with van der Waals surface area (Å²) < 4.78 is 5.46. The van der Waals surface area contributed by atoms with E-state index in [0.717, 1.165) is 6.61 Å². The predicted molar refractivity (Wildman–Crippen MR) is 69.8 cm³/mol. The molecular formula is C14H23NO. The van der Waals surface area contributed by atoms with Crippen molar-refractivity contribution in [1.82, 2.24) is 0 Å². The van der Waals surface area contributed by atoms with Crippen molar-refractivity contribution in [3.63, 3.8) is 0 Å². The molecule has 1 aromatic rings. The average Bonchev–Trinajstić information content (AvgIpc) is 2.28. The Morgan fingerprint density at radius 3 is 2.69 bits per heavy atom. The molecule has 0 amide bonds. The Morgan fingerprint density at radius 2 is 2.00 bits per heavy atom. The van der Waals surface area contributed by atoms with Crippen LogP contribution in [0, 0.1) is 0 Å². The van der Waals surface area contributed by atoms with Crippen LogP contribution >= 0.6 is 0 Å². The van der Waals surface area contributed by atoms with Gasteiger partial charge in [0.05, 0.1) is 6.61 Å². The van der Waals surface area contributed by atoms with Crippen molar-refractivity contribution in [2.75, 3.05) is 11.9 Å². The van der Waals surface area contributed by atoms with E-state index in [0.29, 0.717) is 12.6 Å². The van der Waals surface area contributed by atoms with Crippen LogP contribution in [0.4, 0.5) is 5.69 Å². The van der Waals surface area contributed by atoms with Gasteiger partial charge in [-0.1, -0.05) is 31.5 Å². The molecule has 0 radical (unpaired) electrons. The molecule has 0 fully saturated rings. The largest absolute Gasteiger partial charge is 0.382 e. The predicted octanol–water partition coefficient (Wildman–Crippen LogP) is 3.82. The number of hydrogen-bond donors (Lipinski definition) is 1. The van der Waals surface area contributed by atoms with Crippen LogP contribution in [-0.4, -0.2) is 12.6 Å². The zero-order valence-corrected chi connectivity index (χ0v) is 10.6. The van der Waals surface area contributed by atoms with Crippen LogP contribution in [0.25, 0.3) is 0 Å². The molecule has 1 atom stereocenters. The Balaban J connectivity index is 2.62. The van der Waals surface area contributed by atoms with E-state index in [1.54, 1.807) is 0 Å². The summed E-state index contributed by atoms with van der Waals surface area (Å²) in [7, 11) is 0. The summed E-state index contributed by atoms with van der Waals surface area (Å²) >= 11 is 0. The van der Waals surface area contributed by atoms with Gasteiger partial charge in [0.1, 0.15) is 0 Å². The lowest BCUT2D eigenvalue weighted by Crippen LogP contribution is -2.15. The van der Waals surface area contributed by atoms with E-state index < -0.39 is 0 Å². The third-order valence-electron chi connectivity index (χ3n) is 2.60. The first-order valence-corrected chi connectivity index (χ1v) is 6.20. The maximum Gasteiger partial charge on any atom is 0.0736 e. The molecule has 16 heavy (non-hydrogen) atoms. The second-order valence-corrected chi connectivity index (χ2v) is 4.13. The molecule has 90 valence electrons. The van der Waals surface area contributed by atoms with Crippen LogP contribution in [0.3, 0.4) is 0 Å². The van der Waals surface area contributed by atoms with Crippen LogP contribution in [-0.2, 0) is 11.3 Å². The molecule has 1 rings (SSSR count). The second-order valence-electron chi connectivity index (χ2n) is 4.13. The summed E-state index contributed by atoms with van der Waals surface area (Å²) in [4.78, 5) is 0. The van der Waals surface area contributed by atoms with Gasteiger partial charge in [0, 0.05) is 23.9 Å². The van der Waals surface area contributed by atoms with Crippen LogP contribution in [0.15, 0.2) is 24.3 Å². The Kier molecular flexibility index (Phi) is 5.94. The molecule has 1 unspecified atom stereocenters. The van der Waals surface area contributed by atoms with Gasteiger partial charge >= 0.3 is 0 Å². The first-order chi connectivity index (χ1) is 7.77.